The molecule has 5 heteroatoms. The van der Waals surface area contributed by atoms with E-state index in [-0.39, 0.29) is 16.9 Å². The molecule has 1 rings (SSSR count). The van der Waals surface area contributed by atoms with Gasteiger partial charge in [-0.2, -0.15) is 0 Å². The molecule has 3 nitrogen and oxygen atoms in total. The Kier molecular flexibility index (Phi) is 4.67. The predicted octanol–water partition coefficient (Wildman–Crippen LogP) is 2.00. The van der Waals surface area contributed by atoms with E-state index in [9.17, 15) is 4.79 Å². The Balaban J connectivity index is 2.89. The molecule has 16 heavy (non-hydrogen) atoms. The number of aryl methyl sites for hydroxylation is 1. The Hall–Kier alpha value is -0.690. The summed E-state index contributed by atoms with van der Waals surface area (Å²) in [6.07, 6.45) is 0. The topological polar surface area (TPSA) is 55.1 Å². The van der Waals surface area contributed by atoms with Crippen LogP contribution in [0.4, 0.5) is 0 Å². The first-order valence-electron chi connectivity index (χ1n) is 4.78. The number of thiocarbonyl (C=S) groups is 1. The van der Waals surface area contributed by atoms with Crippen molar-refractivity contribution >= 4 is 45.7 Å². The van der Waals surface area contributed by atoms with Crippen LogP contribution in [0.15, 0.2) is 18.2 Å². The largest absolute Gasteiger partial charge is 0.392 e. The van der Waals surface area contributed by atoms with Crippen LogP contribution in [-0.2, 0) is 0 Å². The van der Waals surface area contributed by atoms with Crippen LogP contribution >= 0.6 is 34.8 Å². The summed E-state index contributed by atoms with van der Waals surface area (Å²) in [5.41, 5.74) is 7.18. The number of carbonyl (C=O) groups is 1. The zero-order valence-electron chi connectivity index (χ0n) is 9.08. The van der Waals surface area contributed by atoms with Gasteiger partial charge in [0.2, 0.25) is 0 Å². The van der Waals surface area contributed by atoms with Gasteiger partial charge in [0.15, 0.2) is 0 Å². The number of halogens is 1. The summed E-state index contributed by atoms with van der Waals surface area (Å²) >= 11 is 6.97. The lowest BCUT2D eigenvalue weighted by atomic mass is 10.1. The summed E-state index contributed by atoms with van der Waals surface area (Å²) in [5.74, 6) is -0.145. The second-order valence-electron chi connectivity index (χ2n) is 3.53. The predicted molar refractivity (Wildman–Crippen MR) is 77.6 cm³/mol. The molecule has 0 heterocycles. The molecule has 1 aromatic carbocycles. The maximum atomic E-state index is 11.9. The quantitative estimate of drug-likeness (QED) is 0.649. The fourth-order valence-corrected chi connectivity index (χ4v) is 1.83. The van der Waals surface area contributed by atoms with Gasteiger partial charge < -0.3 is 11.1 Å². The molecule has 0 aromatic heterocycles. The Morgan fingerprint density at radius 2 is 2.19 bits per heavy atom. The Bertz CT molecular complexity index is 434. The number of amides is 1. The summed E-state index contributed by atoms with van der Waals surface area (Å²) in [4.78, 5) is 12.2. The third-order valence-corrected chi connectivity index (χ3v) is 4.00. The van der Waals surface area contributed by atoms with Crippen molar-refractivity contribution in [3.05, 3.63) is 32.9 Å². The zero-order chi connectivity index (χ0) is 12.3. The zero-order valence-corrected chi connectivity index (χ0v) is 12.1. The normalized spacial score (nSPS) is 11.9. The monoisotopic (exact) mass is 348 g/mol. The number of hydrogen-bond acceptors (Lipinski definition) is 2. The van der Waals surface area contributed by atoms with E-state index >= 15 is 0 Å². The summed E-state index contributed by atoms with van der Waals surface area (Å²) in [6.45, 7) is 3.73. The smallest absolute Gasteiger partial charge is 0.252 e. The summed E-state index contributed by atoms with van der Waals surface area (Å²) in [6, 6.07) is 5.32. The van der Waals surface area contributed by atoms with E-state index < -0.39 is 0 Å². The lowest BCUT2D eigenvalue weighted by Crippen LogP contribution is -2.41. The van der Waals surface area contributed by atoms with Crippen molar-refractivity contribution in [2.75, 3.05) is 0 Å². The average molecular weight is 348 g/mol. The molecular formula is C11H13IN2OS. The Morgan fingerprint density at radius 1 is 1.56 bits per heavy atom. The van der Waals surface area contributed by atoms with Gasteiger partial charge in [-0.3, -0.25) is 4.79 Å². The number of nitrogens with two attached hydrogens (primary N) is 1. The van der Waals surface area contributed by atoms with Gasteiger partial charge in [-0.1, -0.05) is 24.4 Å². The van der Waals surface area contributed by atoms with Gasteiger partial charge in [0, 0.05) is 3.57 Å². The summed E-state index contributed by atoms with van der Waals surface area (Å²) in [5, 5.41) is 2.75. The Morgan fingerprint density at radius 3 is 2.75 bits per heavy atom. The molecule has 1 aromatic rings. The molecule has 1 amide bonds. The second-order valence-corrected chi connectivity index (χ2v) is 5.08. The van der Waals surface area contributed by atoms with E-state index in [1.54, 1.807) is 13.0 Å². The van der Waals surface area contributed by atoms with E-state index in [4.69, 9.17) is 18.0 Å². The maximum absolute atomic E-state index is 11.9. The standard InChI is InChI=1S/C11H13IN2OS/c1-6-4-3-5-8(9(6)12)11(15)14-7(2)10(13)16/h3-5,7H,1-2H3,(H2,13,16)(H,14,15). The summed E-state index contributed by atoms with van der Waals surface area (Å²) < 4.78 is 0.952. The van der Waals surface area contributed by atoms with Gasteiger partial charge in [-0.25, -0.2) is 0 Å². The van der Waals surface area contributed by atoms with Crippen LogP contribution < -0.4 is 11.1 Å². The molecule has 0 radical (unpaired) electrons. The molecule has 0 saturated carbocycles. The van der Waals surface area contributed by atoms with E-state index in [1.807, 2.05) is 19.1 Å². The first-order valence-corrected chi connectivity index (χ1v) is 6.27. The molecule has 0 aliphatic rings. The maximum Gasteiger partial charge on any atom is 0.252 e. The van der Waals surface area contributed by atoms with Gasteiger partial charge >= 0.3 is 0 Å². The molecule has 86 valence electrons. The minimum Gasteiger partial charge on any atom is -0.392 e. The molecular weight excluding hydrogens is 335 g/mol. The van der Waals surface area contributed by atoms with Crippen molar-refractivity contribution in [3.8, 4) is 0 Å². The van der Waals surface area contributed by atoms with Crippen LogP contribution in [0.3, 0.4) is 0 Å². The number of hydrogen-bond donors (Lipinski definition) is 2. The Labute approximate surface area is 114 Å². The molecule has 0 saturated heterocycles. The lowest BCUT2D eigenvalue weighted by molar-refractivity contribution is 0.0948. The molecule has 0 spiro atoms. The first kappa shape index (κ1) is 13.4. The van der Waals surface area contributed by atoms with Gasteiger partial charge in [-0.05, 0) is 48.1 Å². The highest BCUT2D eigenvalue weighted by atomic mass is 127. The SMILES string of the molecule is Cc1cccc(C(=O)NC(C)C(N)=S)c1I. The van der Waals surface area contributed by atoms with E-state index in [2.05, 4.69) is 27.9 Å². The average Bonchev–Trinajstić information content (AvgIpc) is 2.21. The highest BCUT2D eigenvalue weighted by molar-refractivity contribution is 14.1. The number of nitrogens with one attached hydrogen (secondary N) is 1. The summed E-state index contributed by atoms with van der Waals surface area (Å²) in [7, 11) is 0. The van der Waals surface area contributed by atoms with E-state index in [0.717, 1.165) is 9.13 Å². The van der Waals surface area contributed by atoms with Gasteiger partial charge in [0.1, 0.15) is 0 Å². The van der Waals surface area contributed by atoms with Crippen LogP contribution in [0.5, 0.6) is 0 Å². The third kappa shape index (κ3) is 3.15. The van der Waals surface area contributed by atoms with Gasteiger partial charge in [-0.15, -0.1) is 0 Å². The minimum absolute atomic E-state index is 0.145. The van der Waals surface area contributed by atoms with Crippen LogP contribution in [0.2, 0.25) is 0 Å². The molecule has 1 unspecified atom stereocenters. The first-order chi connectivity index (χ1) is 7.43. The third-order valence-electron chi connectivity index (χ3n) is 2.21. The molecule has 3 N–H and O–H groups in total. The molecule has 1 atom stereocenters. The van der Waals surface area contributed by atoms with E-state index in [1.165, 1.54) is 0 Å². The minimum atomic E-state index is -0.293. The highest BCUT2D eigenvalue weighted by Crippen LogP contribution is 2.16. The van der Waals surface area contributed by atoms with Gasteiger partial charge in [0.25, 0.3) is 5.91 Å². The van der Waals surface area contributed by atoms with Crippen molar-refractivity contribution in [3.63, 3.8) is 0 Å². The van der Waals surface area contributed by atoms with Crippen molar-refractivity contribution < 1.29 is 4.79 Å². The van der Waals surface area contributed by atoms with Crippen molar-refractivity contribution in [2.24, 2.45) is 5.73 Å². The van der Waals surface area contributed by atoms with Crippen LogP contribution in [0, 0.1) is 10.5 Å². The van der Waals surface area contributed by atoms with Crippen LogP contribution in [0.1, 0.15) is 22.8 Å². The van der Waals surface area contributed by atoms with Crippen molar-refractivity contribution in [1.29, 1.82) is 0 Å². The number of benzene rings is 1. The molecule has 0 aliphatic heterocycles. The van der Waals surface area contributed by atoms with Crippen molar-refractivity contribution in [1.82, 2.24) is 5.32 Å². The molecule has 0 bridgehead atoms. The van der Waals surface area contributed by atoms with E-state index in [0.29, 0.717) is 5.56 Å². The molecule has 0 fully saturated rings. The number of rotatable bonds is 3. The number of carbonyl (C=O) groups excluding carboxylic acids is 1. The second kappa shape index (κ2) is 5.58. The van der Waals surface area contributed by atoms with Crippen LogP contribution in [-0.4, -0.2) is 16.9 Å². The fraction of sp³-hybridized carbons (Fsp3) is 0.273. The lowest BCUT2D eigenvalue weighted by Gasteiger charge is -2.13. The molecule has 0 aliphatic carbocycles. The van der Waals surface area contributed by atoms with Crippen LogP contribution in [0.25, 0.3) is 0 Å². The highest BCUT2D eigenvalue weighted by Gasteiger charge is 2.14. The van der Waals surface area contributed by atoms with Gasteiger partial charge in [0.05, 0.1) is 16.6 Å². The van der Waals surface area contributed by atoms with Crippen molar-refractivity contribution in [2.45, 2.75) is 19.9 Å². The fourth-order valence-electron chi connectivity index (χ4n) is 1.17.